The first-order valence-corrected chi connectivity index (χ1v) is 7.63. The molecule has 1 N–H and O–H groups in total. The molecule has 0 radical (unpaired) electrons. The average molecular weight is 317 g/mol. The lowest BCUT2D eigenvalue weighted by atomic mass is 10.1. The molecule has 0 amide bonds. The first-order valence-electron chi connectivity index (χ1n) is 7.63. The zero-order chi connectivity index (χ0) is 16.8. The van der Waals surface area contributed by atoms with Crippen LogP contribution < -0.4 is 4.74 Å². The quantitative estimate of drug-likeness (QED) is 0.759. The van der Waals surface area contributed by atoms with Gasteiger partial charge in [-0.2, -0.15) is 0 Å². The largest absolute Gasteiger partial charge is 0.491 e. The van der Waals surface area contributed by atoms with Gasteiger partial charge in [-0.3, -0.25) is 9.69 Å². The fraction of sp³-hybridized carbons (Fsp3) is 0.389. The SMILES string of the molecule is CC(=O)c1cccc(OCC(O)CN(C)C(C)c2ccco2)c1. The third-order valence-corrected chi connectivity index (χ3v) is 3.80. The van der Waals surface area contributed by atoms with Gasteiger partial charge in [-0.05, 0) is 45.2 Å². The van der Waals surface area contributed by atoms with E-state index in [0.29, 0.717) is 17.9 Å². The Labute approximate surface area is 136 Å². The highest BCUT2D eigenvalue weighted by molar-refractivity contribution is 5.94. The molecular formula is C18H23NO4. The lowest BCUT2D eigenvalue weighted by molar-refractivity contribution is 0.0622. The average Bonchev–Trinajstić information content (AvgIpc) is 3.06. The van der Waals surface area contributed by atoms with Crippen LogP contribution in [-0.4, -0.2) is 42.1 Å². The summed E-state index contributed by atoms with van der Waals surface area (Å²) < 4.78 is 11.0. The Morgan fingerprint density at radius 1 is 1.35 bits per heavy atom. The number of benzene rings is 1. The minimum atomic E-state index is -0.640. The molecule has 1 aromatic heterocycles. The van der Waals surface area contributed by atoms with Gasteiger partial charge in [0, 0.05) is 12.1 Å². The monoisotopic (exact) mass is 317 g/mol. The number of likely N-dealkylation sites (N-methyl/N-ethyl adjacent to an activating group) is 1. The maximum Gasteiger partial charge on any atom is 0.159 e. The standard InChI is InChI=1S/C18H23NO4/c1-13(18-8-5-9-22-18)19(3)11-16(21)12-23-17-7-4-6-15(10-17)14(2)20/h4-10,13,16,21H,11-12H2,1-3H3. The highest BCUT2D eigenvalue weighted by Gasteiger charge is 2.17. The van der Waals surface area contributed by atoms with Gasteiger partial charge in [0.05, 0.1) is 12.3 Å². The third kappa shape index (κ3) is 4.94. The summed E-state index contributed by atoms with van der Waals surface area (Å²) in [5, 5.41) is 10.1. The minimum Gasteiger partial charge on any atom is -0.491 e. The summed E-state index contributed by atoms with van der Waals surface area (Å²) in [6.45, 7) is 4.15. The van der Waals surface area contributed by atoms with Crippen molar-refractivity contribution in [2.24, 2.45) is 0 Å². The van der Waals surface area contributed by atoms with Gasteiger partial charge in [0.1, 0.15) is 24.2 Å². The number of nitrogens with zero attached hydrogens (tertiary/aromatic N) is 1. The minimum absolute atomic E-state index is 0.0111. The molecule has 0 spiro atoms. The Kier molecular flexibility index (Phi) is 5.96. The van der Waals surface area contributed by atoms with Crippen LogP contribution in [0.4, 0.5) is 0 Å². The number of carbonyl (C=O) groups excluding carboxylic acids is 1. The van der Waals surface area contributed by atoms with Crippen molar-refractivity contribution in [1.29, 1.82) is 0 Å². The predicted octanol–water partition coefficient (Wildman–Crippen LogP) is 2.91. The molecule has 5 heteroatoms. The maximum absolute atomic E-state index is 11.3. The summed E-state index contributed by atoms with van der Waals surface area (Å²) in [4.78, 5) is 13.3. The Morgan fingerprint density at radius 2 is 2.13 bits per heavy atom. The van der Waals surface area contributed by atoms with Crippen LogP contribution in [0.15, 0.2) is 47.1 Å². The van der Waals surface area contributed by atoms with Crippen molar-refractivity contribution in [2.45, 2.75) is 26.0 Å². The smallest absolute Gasteiger partial charge is 0.159 e. The van der Waals surface area contributed by atoms with E-state index >= 15 is 0 Å². The molecule has 124 valence electrons. The summed E-state index contributed by atoms with van der Waals surface area (Å²) >= 11 is 0. The van der Waals surface area contributed by atoms with Crippen molar-refractivity contribution in [3.05, 3.63) is 54.0 Å². The second kappa shape index (κ2) is 7.94. The molecular weight excluding hydrogens is 294 g/mol. The highest BCUT2D eigenvalue weighted by atomic mass is 16.5. The molecule has 2 atom stereocenters. The van der Waals surface area contributed by atoms with Gasteiger partial charge in [0.15, 0.2) is 5.78 Å². The second-order valence-corrected chi connectivity index (χ2v) is 5.68. The first-order chi connectivity index (χ1) is 11.0. The van der Waals surface area contributed by atoms with Gasteiger partial charge >= 0.3 is 0 Å². The fourth-order valence-corrected chi connectivity index (χ4v) is 2.29. The molecule has 0 aliphatic carbocycles. The van der Waals surface area contributed by atoms with E-state index in [2.05, 4.69) is 0 Å². The molecule has 0 saturated heterocycles. The van der Waals surface area contributed by atoms with Crippen LogP contribution in [0.3, 0.4) is 0 Å². The van der Waals surface area contributed by atoms with Crippen molar-refractivity contribution in [1.82, 2.24) is 4.90 Å². The summed E-state index contributed by atoms with van der Waals surface area (Å²) in [5.41, 5.74) is 0.598. The van der Waals surface area contributed by atoms with Crippen molar-refractivity contribution >= 4 is 5.78 Å². The zero-order valence-electron chi connectivity index (χ0n) is 13.7. The first kappa shape index (κ1) is 17.2. The summed E-state index contributed by atoms with van der Waals surface area (Å²) in [7, 11) is 1.92. The van der Waals surface area contributed by atoms with Crippen LogP contribution in [0.1, 0.15) is 36.0 Å². The summed E-state index contributed by atoms with van der Waals surface area (Å²) in [6, 6.07) is 10.8. The molecule has 0 bridgehead atoms. The lowest BCUT2D eigenvalue weighted by Gasteiger charge is -2.25. The second-order valence-electron chi connectivity index (χ2n) is 5.68. The number of Topliss-reactive ketones (excluding diaryl/α,β-unsaturated/α-hetero) is 1. The van der Waals surface area contributed by atoms with Gasteiger partial charge in [-0.1, -0.05) is 12.1 Å². The van der Waals surface area contributed by atoms with Crippen LogP contribution in [-0.2, 0) is 0 Å². The number of carbonyl (C=O) groups is 1. The van der Waals surface area contributed by atoms with E-state index in [-0.39, 0.29) is 18.4 Å². The van der Waals surface area contributed by atoms with Crippen molar-refractivity contribution < 1.29 is 19.1 Å². The van der Waals surface area contributed by atoms with E-state index < -0.39 is 6.10 Å². The zero-order valence-corrected chi connectivity index (χ0v) is 13.7. The normalized spacial score (nSPS) is 13.8. The number of aliphatic hydroxyl groups is 1. The molecule has 2 unspecified atom stereocenters. The Hall–Kier alpha value is -2.11. The molecule has 2 aromatic rings. The summed E-state index contributed by atoms with van der Waals surface area (Å²) in [5.74, 6) is 1.43. The maximum atomic E-state index is 11.3. The number of rotatable bonds is 8. The van der Waals surface area contributed by atoms with Crippen LogP contribution in [0.5, 0.6) is 5.75 Å². The Morgan fingerprint density at radius 3 is 2.78 bits per heavy atom. The number of aliphatic hydroxyl groups excluding tert-OH is 1. The van der Waals surface area contributed by atoms with E-state index in [9.17, 15) is 9.90 Å². The molecule has 1 heterocycles. The van der Waals surface area contributed by atoms with Crippen LogP contribution in [0.25, 0.3) is 0 Å². The number of hydrogen-bond donors (Lipinski definition) is 1. The van der Waals surface area contributed by atoms with Crippen molar-refractivity contribution in [3.8, 4) is 5.75 Å². The topological polar surface area (TPSA) is 62.9 Å². The van der Waals surface area contributed by atoms with Gasteiger partial charge < -0.3 is 14.3 Å². The summed E-state index contributed by atoms with van der Waals surface area (Å²) in [6.07, 6.45) is 1.000. The van der Waals surface area contributed by atoms with Crippen LogP contribution in [0, 0.1) is 0 Å². The van der Waals surface area contributed by atoms with Crippen LogP contribution >= 0.6 is 0 Å². The Bertz CT molecular complexity index is 624. The Balaban J connectivity index is 1.84. The van der Waals surface area contributed by atoms with Gasteiger partial charge in [-0.15, -0.1) is 0 Å². The molecule has 0 fully saturated rings. The van der Waals surface area contributed by atoms with E-state index in [1.54, 1.807) is 30.5 Å². The van der Waals surface area contributed by atoms with Crippen molar-refractivity contribution in [2.75, 3.05) is 20.2 Å². The molecule has 0 aliphatic rings. The van der Waals surface area contributed by atoms with E-state index in [4.69, 9.17) is 9.15 Å². The molecule has 1 aromatic carbocycles. The van der Waals surface area contributed by atoms with Crippen LogP contribution in [0.2, 0.25) is 0 Å². The molecule has 23 heavy (non-hydrogen) atoms. The fourth-order valence-electron chi connectivity index (χ4n) is 2.29. The molecule has 2 rings (SSSR count). The van der Waals surface area contributed by atoms with E-state index in [1.807, 2.05) is 31.0 Å². The van der Waals surface area contributed by atoms with Crippen molar-refractivity contribution in [3.63, 3.8) is 0 Å². The van der Waals surface area contributed by atoms with Gasteiger partial charge in [0.25, 0.3) is 0 Å². The van der Waals surface area contributed by atoms with Gasteiger partial charge in [0.2, 0.25) is 0 Å². The number of hydrogen-bond acceptors (Lipinski definition) is 5. The molecule has 5 nitrogen and oxygen atoms in total. The number of furan rings is 1. The predicted molar refractivity (Wildman–Crippen MR) is 87.7 cm³/mol. The third-order valence-electron chi connectivity index (χ3n) is 3.80. The van der Waals surface area contributed by atoms with Gasteiger partial charge in [-0.25, -0.2) is 0 Å². The lowest BCUT2D eigenvalue weighted by Crippen LogP contribution is -2.34. The molecule has 0 saturated carbocycles. The number of ether oxygens (including phenoxy) is 1. The van der Waals surface area contributed by atoms with E-state index in [1.165, 1.54) is 6.92 Å². The highest BCUT2D eigenvalue weighted by Crippen LogP contribution is 2.19. The molecule has 0 aliphatic heterocycles. The number of ketones is 1. The van der Waals surface area contributed by atoms with E-state index in [0.717, 1.165) is 5.76 Å².